The van der Waals surface area contributed by atoms with Gasteiger partial charge in [0, 0.05) is 43.8 Å². The molecule has 0 atom stereocenters. The van der Waals surface area contributed by atoms with E-state index in [0.717, 1.165) is 49.0 Å². The Balaban J connectivity index is 1.38. The van der Waals surface area contributed by atoms with Gasteiger partial charge in [0.1, 0.15) is 5.82 Å². The molecule has 4 rings (SSSR count). The number of hydrogen-bond acceptors (Lipinski definition) is 6. The Hall–Kier alpha value is -3.13. The van der Waals surface area contributed by atoms with Gasteiger partial charge in [0.25, 0.3) is 5.91 Å². The topological polar surface area (TPSA) is 88.8 Å². The summed E-state index contributed by atoms with van der Waals surface area (Å²) in [5.74, 6) is 0.595. The molecule has 3 aromatic heterocycles. The highest BCUT2D eigenvalue weighted by Crippen LogP contribution is 2.16. The van der Waals surface area contributed by atoms with Gasteiger partial charge in [-0.1, -0.05) is 6.07 Å². The first-order chi connectivity index (χ1) is 13.2. The lowest BCUT2D eigenvalue weighted by Gasteiger charge is -2.27. The quantitative estimate of drug-likeness (QED) is 0.735. The smallest absolute Gasteiger partial charge is 0.272 e. The van der Waals surface area contributed by atoms with Crippen LogP contribution in [0.15, 0.2) is 42.9 Å². The zero-order valence-corrected chi connectivity index (χ0v) is 15.2. The lowest BCUT2D eigenvalue weighted by molar-refractivity contribution is 0.0944. The van der Waals surface area contributed by atoms with Crippen molar-refractivity contribution >= 4 is 5.91 Å². The van der Waals surface area contributed by atoms with Crippen molar-refractivity contribution in [1.29, 1.82) is 0 Å². The molecule has 1 aliphatic rings. The van der Waals surface area contributed by atoms with Crippen LogP contribution in [0.25, 0.3) is 0 Å². The van der Waals surface area contributed by atoms with Crippen molar-refractivity contribution in [2.24, 2.45) is 0 Å². The second-order valence-corrected chi connectivity index (χ2v) is 6.60. The molecule has 0 unspecified atom stereocenters. The van der Waals surface area contributed by atoms with Crippen molar-refractivity contribution in [3.63, 3.8) is 0 Å². The van der Waals surface area contributed by atoms with E-state index in [2.05, 4.69) is 30.3 Å². The number of rotatable bonds is 5. The molecule has 0 spiro atoms. The minimum absolute atomic E-state index is 0.180. The Morgan fingerprint density at radius 3 is 2.81 bits per heavy atom. The molecule has 8 heteroatoms. The van der Waals surface area contributed by atoms with Gasteiger partial charge in [0.2, 0.25) is 0 Å². The molecule has 4 heterocycles. The first-order valence-electron chi connectivity index (χ1n) is 8.92. The van der Waals surface area contributed by atoms with Gasteiger partial charge in [-0.05, 0) is 25.1 Å². The zero-order valence-electron chi connectivity index (χ0n) is 15.2. The van der Waals surface area contributed by atoms with E-state index >= 15 is 0 Å². The maximum absolute atomic E-state index is 12.4. The molecule has 138 valence electrons. The van der Waals surface area contributed by atoms with Crippen LogP contribution in [0.4, 0.5) is 0 Å². The number of fused-ring (bicyclic) bond motifs is 1. The molecule has 1 amide bonds. The van der Waals surface area contributed by atoms with Crippen molar-refractivity contribution in [2.45, 2.75) is 33.1 Å². The van der Waals surface area contributed by atoms with Crippen molar-refractivity contribution in [2.75, 3.05) is 6.54 Å². The molecule has 0 bridgehead atoms. The Morgan fingerprint density at radius 1 is 1.19 bits per heavy atom. The zero-order chi connectivity index (χ0) is 18.6. The average Bonchev–Trinajstić information content (AvgIpc) is 3.12. The molecular weight excluding hydrogens is 342 g/mol. The number of hydrogen-bond donors (Lipinski definition) is 1. The SMILES string of the molecule is Cc1ncc(CN2CCn3nc(C(=O)NCc4ccccn4)cc3C2)cn1. The highest BCUT2D eigenvalue weighted by atomic mass is 16.1. The highest BCUT2D eigenvalue weighted by Gasteiger charge is 2.21. The molecule has 0 saturated heterocycles. The van der Waals surface area contributed by atoms with Gasteiger partial charge in [-0.2, -0.15) is 5.10 Å². The fourth-order valence-corrected chi connectivity index (χ4v) is 3.09. The Bertz CT molecular complexity index is 921. The number of amides is 1. The molecule has 8 nitrogen and oxygen atoms in total. The van der Waals surface area contributed by atoms with Gasteiger partial charge in [-0.15, -0.1) is 0 Å². The molecule has 0 aromatic carbocycles. The average molecular weight is 363 g/mol. The number of nitrogens with zero attached hydrogens (tertiary/aromatic N) is 6. The van der Waals surface area contributed by atoms with Gasteiger partial charge >= 0.3 is 0 Å². The molecular formula is C19H21N7O. The summed E-state index contributed by atoms with van der Waals surface area (Å²) >= 11 is 0. The summed E-state index contributed by atoms with van der Waals surface area (Å²) in [6, 6.07) is 7.50. The largest absolute Gasteiger partial charge is 0.345 e. The normalized spacial score (nSPS) is 14.0. The molecule has 0 saturated carbocycles. The molecule has 1 N–H and O–H groups in total. The molecule has 27 heavy (non-hydrogen) atoms. The number of pyridine rings is 1. The van der Waals surface area contributed by atoms with Crippen molar-refractivity contribution in [3.8, 4) is 0 Å². The van der Waals surface area contributed by atoms with Crippen LogP contribution in [0.1, 0.15) is 33.3 Å². The third-order valence-corrected chi connectivity index (χ3v) is 4.51. The third kappa shape index (κ3) is 4.17. The van der Waals surface area contributed by atoms with Crippen LogP contribution in [0.5, 0.6) is 0 Å². The summed E-state index contributed by atoms with van der Waals surface area (Å²) in [4.78, 5) is 27.4. The Labute approximate surface area is 157 Å². The minimum atomic E-state index is -0.180. The summed E-state index contributed by atoms with van der Waals surface area (Å²) in [6.45, 7) is 5.43. The maximum Gasteiger partial charge on any atom is 0.272 e. The Morgan fingerprint density at radius 2 is 2.04 bits per heavy atom. The first kappa shape index (κ1) is 17.3. The third-order valence-electron chi connectivity index (χ3n) is 4.51. The van der Waals surface area contributed by atoms with Crippen LogP contribution < -0.4 is 5.32 Å². The number of aryl methyl sites for hydroxylation is 1. The van der Waals surface area contributed by atoms with Gasteiger partial charge in [0.05, 0.1) is 24.5 Å². The molecule has 1 aliphatic heterocycles. The summed E-state index contributed by atoms with van der Waals surface area (Å²) in [6.07, 6.45) is 5.44. The van der Waals surface area contributed by atoms with E-state index in [1.165, 1.54) is 0 Å². The fraction of sp³-hybridized carbons (Fsp3) is 0.316. The number of aromatic nitrogens is 5. The van der Waals surface area contributed by atoms with Gasteiger partial charge in [0.15, 0.2) is 5.69 Å². The van der Waals surface area contributed by atoms with E-state index in [-0.39, 0.29) is 5.91 Å². The first-order valence-corrected chi connectivity index (χ1v) is 8.92. The number of nitrogens with one attached hydrogen (secondary N) is 1. The second-order valence-electron chi connectivity index (χ2n) is 6.60. The minimum Gasteiger partial charge on any atom is -0.345 e. The molecule has 0 aliphatic carbocycles. The maximum atomic E-state index is 12.4. The van der Waals surface area contributed by atoms with Gasteiger partial charge in [-0.25, -0.2) is 9.97 Å². The van der Waals surface area contributed by atoms with Crippen LogP contribution >= 0.6 is 0 Å². The summed E-state index contributed by atoms with van der Waals surface area (Å²) in [5, 5.41) is 7.32. The van der Waals surface area contributed by atoms with Gasteiger partial charge < -0.3 is 5.32 Å². The van der Waals surface area contributed by atoms with E-state index in [0.29, 0.717) is 12.2 Å². The lowest BCUT2D eigenvalue weighted by atomic mass is 10.2. The highest BCUT2D eigenvalue weighted by molar-refractivity contribution is 5.92. The predicted octanol–water partition coefficient (Wildman–Crippen LogP) is 1.32. The van der Waals surface area contributed by atoms with Crippen LogP contribution in [0.2, 0.25) is 0 Å². The van der Waals surface area contributed by atoms with E-state index < -0.39 is 0 Å². The van der Waals surface area contributed by atoms with Crippen molar-refractivity contribution < 1.29 is 4.79 Å². The summed E-state index contributed by atoms with van der Waals surface area (Å²) in [5.41, 5.74) is 3.39. The molecule has 0 radical (unpaired) electrons. The van der Waals surface area contributed by atoms with E-state index in [1.54, 1.807) is 6.20 Å². The van der Waals surface area contributed by atoms with E-state index in [9.17, 15) is 4.79 Å². The van der Waals surface area contributed by atoms with Gasteiger partial charge in [-0.3, -0.25) is 19.4 Å². The predicted molar refractivity (Wildman–Crippen MR) is 98.5 cm³/mol. The number of carbonyl (C=O) groups is 1. The second kappa shape index (κ2) is 7.63. The van der Waals surface area contributed by atoms with Crippen LogP contribution in [0.3, 0.4) is 0 Å². The van der Waals surface area contributed by atoms with E-state index in [4.69, 9.17) is 0 Å². The standard InChI is InChI=1S/C19H21N7O/c1-14-21-9-15(10-22-14)12-25-6-7-26-17(13-25)8-18(24-26)19(27)23-11-16-4-2-3-5-20-16/h2-5,8-10H,6-7,11-13H2,1H3,(H,23,27). The fourth-order valence-electron chi connectivity index (χ4n) is 3.09. The molecule has 3 aromatic rings. The summed E-state index contributed by atoms with van der Waals surface area (Å²) in [7, 11) is 0. The van der Waals surface area contributed by atoms with Crippen LogP contribution in [-0.2, 0) is 26.2 Å². The number of carbonyl (C=O) groups excluding carboxylic acids is 1. The van der Waals surface area contributed by atoms with Crippen LogP contribution in [-0.4, -0.2) is 42.1 Å². The molecule has 0 fully saturated rings. The summed E-state index contributed by atoms with van der Waals surface area (Å²) < 4.78 is 1.91. The monoisotopic (exact) mass is 363 g/mol. The lowest BCUT2D eigenvalue weighted by Crippen LogP contribution is -2.33. The Kier molecular flexibility index (Phi) is 4.88. The van der Waals surface area contributed by atoms with E-state index in [1.807, 2.05) is 48.3 Å². The van der Waals surface area contributed by atoms with Crippen molar-refractivity contribution in [1.82, 2.24) is 34.9 Å². The van der Waals surface area contributed by atoms with Crippen molar-refractivity contribution in [3.05, 3.63) is 71.3 Å². The van der Waals surface area contributed by atoms with Crippen LogP contribution in [0, 0.1) is 6.92 Å².